The Labute approximate surface area is 77.5 Å². The monoisotopic (exact) mass is 184 g/mol. The summed E-state index contributed by atoms with van der Waals surface area (Å²) < 4.78 is 0. The number of rotatable bonds is 3. The third-order valence-electron chi connectivity index (χ3n) is 3.10. The van der Waals surface area contributed by atoms with Crippen molar-refractivity contribution < 1.29 is 9.90 Å². The molecule has 1 amide bonds. The molecule has 0 saturated heterocycles. The second-order valence-corrected chi connectivity index (χ2v) is 4.42. The van der Waals surface area contributed by atoms with Gasteiger partial charge >= 0.3 is 0 Å². The lowest BCUT2D eigenvalue weighted by molar-refractivity contribution is -0.125. The van der Waals surface area contributed by atoms with Crippen molar-refractivity contribution in [1.29, 1.82) is 0 Å². The first-order chi connectivity index (χ1) is 6.04. The minimum Gasteiger partial charge on any atom is -0.388 e. The quantitative estimate of drug-likeness (QED) is 0.554. The molecular weight excluding hydrogens is 168 g/mol. The summed E-state index contributed by atoms with van der Waals surface area (Å²) in [5.41, 5.74) is 4.44. The van der Waals surface area contributed by atoms with Crippen LogP contribution in [0.1, 0.15) is 32.1 Å². The molecule has 2 saturated carbocycles. The molecule has 0 bridgehead atoms. The van der Waals surface area contributed by atoms with E-state index in [1.165, 1.54) is 0 Å². The molecule has 2 rings (SSSR count). The molecule has 4 N–H and O–H groups in total. The van der Waals surface area contributed by atoms with Gasteiger partial charge in [-0.3, -0.25) is 4.79 Å². The summed E-state index contributed by atoms with van der Waals surface area (Å²) >= 11 is 0. The van der Waals surface area contributed by atoms with Gasteiger partial charge in [0.15, 0.2) is 0 Å². The Morgan fingerprint density at radius 1 is 1.38 bits per heavy atom. The van der Waals surface area contributed by atoms with Gasteiger partial charge in [-0.2, -0.15) is 0 Å². The van der Waals surface area contributed by atoms with Crippen LogP contribution in [0.25, 0.3) is 0 Å². The van der Waals surface area contributed by atoms with Gasteiger partial charge in [0.25, 0.3) is 0 Å². The molecule has 0 radical (unpaired) electrons. The molecule has 74 valence electrons. The van der Waals surface area contributed by atoms with Crippen molar-refractivity contribution in [3.63, 3.8) is 0 Å². The number of aliphatic hydroxyl groups is 1. The lowest BCUT2D eigenvalue weighted by atomic mass is 9.80. The fraction of sp³-hybridized carbons (Fsp3) is 0.889. The third kappa shape index (κ3) is 1.69. The molecule has 2 aliphatic rings. The molecule has 13 heavy (non-hydrogen) atoms. The standard InChI is InChI=1S/C9H16N2O2/c10-9(4-5-9)7(12)11-6-8(13)2-1-3-8/h13H,1-6,10H2,(H,11,12). The van der Waals surface area contributed by atoms with Crippen molar-refractivity contribution >= 4 is 5.91 Å². The Morgan fingerprint density at radius 2 is 2.00 bits per heavy atom. The average Bonchev–Trinajstić information content (AvgIpc) is 2.77. The zero-order chi connectivity index (χ0) is 9.53. The second-order valence-electron chi connectivity index (χ2n) is 4.42. The molecule has 0 spiro atoms. The Balaban J connectivity index is 1.76. The molecule has 0 unspecified atom stereocenters. The van der Waals surface area contributed by atoms with Gasteiger partial charge in [0, 0.05) is 6.54 Å². The van der Waals surface area contributed by atoms with E-state index in [2.05, 4.69) is 5.32 Å². The van der Waals surface area contributed by atoms with Gasteiger partial charge in [-0.1, -0.05) is 0 Å². The highest BCUT2D eigenvalue weighted by molar-refractivity contribution is 5.89. The topological polar surface area (TPSA) is 75.4 Å². The van der Waals surface area contributed by atoms with Crippen molar-refractivity contribution in [2.45, 2.75) is 43.2 Å². The lowest BCUT2D eigenvalue weighted by Gasteiger charge is -2.36. The van der Waals surface area contributed by atoms with E-state index in [4.69, 9.17) is 5.73 Å². The molecule has 2 aliphatic carbocycles. The maximum absolute atomic E-state index is 11.4. The normalized spacial score (nSPS) is 27.5. The summed E-state index contributed by atoms with van der Waals surface area (Å²) in [6, 6.07) is 0. The Kier molecular flexibility index (Phi) is 1.85. The van der Waals surface area contributed by atoms with E-state index < -0.39 is 11.1 Å². The maximum Gasteiger partial charge on any atom is 0.240 e. The first kappa shape index (κ1) is 8.97. The number of hydrogen-bond donors (Lipinski definition) is 3. The summed E-state index contributed by atoms with van der Waals surface area (Å²) in [5, 5.41) is 12.4. The van der Waals surface area contributed by atoms with Crippen LogP contribution in [0.4, 0.5) is 0 Å². The highest BCUT2D eigenvalue weighted by atomic mass is 16.3. The van der Waals surface area contributed by atoms with Gasteiger partial charge in [-0.15, -0.1) is 0 Å². The Bertz CT molecular complexity index is 232. The van der Waals surface area contributed by atoms with Crippen molar-refractivity contribution in [2.75, 3.05) is 6.54 Å². The number of carbonyl (C=O) groups excluding carboxylic acids is 1. The number of amides is 1. The van der Waals surface area contributed by atoms with Crippen LogP contribution in [-0.2, 0) is 4.79 Å². The maximum atomic E-state index is 11.4. The smallest absolute Gasteiger partial charge is 0.240 e. The van der Waals surface area contributed by atoms with Crippen molar-refractivity contribution in [3.8, 4) is 0 Å². The molecule has 4 nitrogen and oxygen atoms in total. The summed E-state index contributed by atoms with van der Waals surface area (Å²) in [6.45, 7) is 0.366. The predicted octanol–water partition coefficient (Wildman–Crippen LogP) is -0.491. The average molecular weight is 184 g/mol. The van der Waals surface area contributed by atoms with E-state index >= 15 is 0 Å². The van der Waals surface area contributed by atoms with E-state index in [-0.39, 0.29) is 5.91 Å². The number of carbonyl (C=O) groups is 1. The van der Waals surface area contributed by atoms with Gasteiger partial charge in [0.05, 0.1) is 11.1 Å². The highest BCUT2D eigenvalue weighted by Gasteiger charge is 2.46. The molecule has 0 atom stereocenters. The van der Waals surface area contributed by atoms with E-state index in [1.807, 2.05) is 0 Å². The van der Waals surface area contributed by atoms with Crippen LogP contribution in [-0.4, -0.2) is 28.7 Å². The first-order valence-electron chi connectivity index (χ1n) is 4.84. The summed E-state index contributed by atoms with van der Waals surface area (Å²) in [4.78, 5) is 11.4. The van der Waals surface area contributed by atoms with Crippen LogP contribution in [0.3, 0.4) is 0 Å². The Morgan fingerprint density at radius 3 is 2.38 bits per heavy atom. The minimum absolute atomic E-state index is 0.104. The van der Waals surface area contributed by atoms with Crippen LogP contribution in [0.15, 0.2) is 0 Å². The van der Waals surface area contributed by atoms with Crippen molar-refractivity contribution in [1.82, 2.24) is 5.32 Å². The molecular formula is C9H16N2O2. The van der Waals surface area contributed by atoms with Crippen LogP contribution in [0.2, 0.25) is 0 Å². The van der Waals surface area contributed by atoms with Crippen LogP contribution < -0.4 is 11.1 Å². The molecule has 0 aromatic rings. The zero-order valence-corrected chi connectivity index (χ0v) is 7.68. The fourth-order valence-electron chi connectivity index (χ4n) is 1.54. The van der Waals surface area contributed by atoms with E-state index in [1.54, 1.807) is 0 Å². The minimum atomic E-state index is -0.638. The number of nitrogens with one attached hydrogen (secondary N) is 1. The van der Waals surface area contributed by atoms with Crippen molar-refractivity contribution in [2.24, 2.45) is 5.73 Å². The molecule has 4 heteroatoms. The zero-order valence-electron chi connectivity index (χ0n) is 7.68. The first-order valence-corrected chi connectivity index (χ1v) is 4.84. The largest absolute Gasteiger partial charge is 0.388 e. The molecule has 0 aliphatic heterocycles. The van der Waals surface area contributed by atoms with Gasteiger partial charge < -0.3 is 16.2 Å². The highest BCUT2D eigenvalue weighted by Crippen LogP contribution is 2.34. The molecule has 2 fully saturated rings. The lowest BCUT2D eigenvalue weighted by Crippen LogP contribution is -2.52. The molecule has 0 heterocycles. The van der Waals surface area contributed by atoms with Crippen molar-refractivity contribution in [3.05, 3.63) is 0 Å². The molecule has 0 aromatic heterocycles. The number of nitrogens with two attached hydrogens (primary N) is 1. The second kappa shape index (κ2) is 2.69. The van der Waals surface area contributed by atoms with Gasteiger partial charge in [-0.05, 0) is 32.1 Å². The van der Waals surface area contributed by atoms with Gasteiger partial charge in [0.2, 0.25) is 5.91 Å². The Hall–Kier alpha value is -0.610. The predicted molar refractivity (Wildman–Crippen MR) is 48.0 cm³/mol. The van der Waals surface area contributed by atoms with Crippen LogP contribution in [0.5, 0.6) is 0 Å². The van der Waals surface area contributed by atoms with Crippen LogP contribution >= 0.6 is 0 Å². The third-order valence-corrected chi connectivity index (χ3v) is 3.10. The number of hydrogen-bond acceptors (Lipinski definition) is 3. The van der Waals surface area contributed by atoms with Gasteiger partial charge in [-0.25, -0.2) is 0 Å². The summed E-state index contributed by atoms with van der Waals surface area (Å²) in [5.74, 6) is -0.104. The summed E-state index contributed by atoms with van der Waals surface area (Å²) in [6.07, 6.45) is 4.20. The van der Waals surface area contributed by atoms with E-state index in [0.29, 0.717) is 6.54 Å². The van der Waals surface area contributed by atoms with E-state index in [9.17, 15) is 9.90 Å². The fourth-order valence-corrected chi connectivity index (χ4v) is 1.54. The molecule has 0 aromatic carbocycles. The van der Waals surface area contributed by atoms with Crippen LogP contribution in [0, 0.1) is 0 Å². The summed E-state index contributed by atoms with van der Waals surface area (Å²) in [7, 11) is 0. The van der Waals surface area contributed by atoms with E-state index in [0.717, 1.165) is 32.1 Å². The SMILES string of the molecule is NC1(C(=O)NCC2(O)CCC2)CC1. The van der Waals surface area contributed by atoms with Gasteiger partial charge in [0.1, 0.15) is 0 Å².